The zero-order valence-corrected chi connectivity index (χ0v) is 13.7. The van der Waals surface area contributed by atoms with Gasteiger partial charge in [-0.05, 0) is 42.7 Å². The Morgan fingerprint density at radius 1 is 1.36 bits per heavy atom. The zero-order chi connectivity index (χ0) is 15.7. The highest BCUT2D eigenvalue weighted by Gasteiger charge is 2.11. The van der Waals surface area contributed by atoms with Gasteiger partial charge in [0, 0.05) is 6.54 Å². The summed E-state index contributed by atoms with van der Waals surface area (Å²) in [5, 5.41) is 0. The molecule has 0 fully saturated rings. The first-order valence-corrected chi connectivity index (χ1v) is 8.17. The van der Waals surface area contributed by atoms with Gasteiger partial charge in [0.15, 0.2) is 10.6 Å². The lowest BCUT2D eigenvalue weighted by molar-refractivity contribution is 0.0971. The van der Waals surface area contributed by atoms with Gasteiger partial charge in [-0.25, -0.2) is 0 Å². The van der Waals surface area contributed by atoms with Gasteiger partial charge >= 0.3 is 5.91 Å². The highest BCUT2D eigenvalue weighted by atomic mass is 32.1. The molecule has 1 amide bonds. The molecule has 0 aliphatic heterocycles. The third-order valence-electron chi connectivity index (χ3n) is 3.62. The molecule has 0 bridgehead atoms. The van der Waals surface area contributed by atoms with Crippen LogP contribution in [0.1, 0.15) is 42.8 Å². The van der Waals surface area contributed by atoms with E-state index in [0.29, 0.717) is 10.7 Å². The number of rotatable bonds is 3. The molecule has 0 aliphatic carbocycles. The number of fused-ring (bicyclic) bond motifs is 1. The molecule has 5 heteroatoms. The summed E-state index contributed by atoms with van der Waals surface area (Å²) in [6, 6.07) is 9.76. The lowest BCUT2D eigenvalue weighted by Gasteiger charge is -2.05. The van der Waals surface area contributed by atoms with Crippen LogP contribution >= 0.6 is 11.3 Å². The fourth-order valence-corrected chi connectivity index (χ4v) is 3.52. The minimum absolute atomic E-state index is 0.267. The summed E-state index contributed by atoms with van der Waals surface area (Å²) in [5.74, 6) is 0.400. The number of amides is 1. The lowest BCUT2D eigenvalue weighted by atomic mass is 10.0. The topological polar surface area (TPSA) is 47.5 Å². The highest BCUT2D eigenvalue weighted by molar-refractivity contribution is 7.16. The maximum Gasteiger partial charge on any atom is 0.315 e. The molecule has 114 valence electrons. The fourth-order valence-electron chi connectivity index (χ4n) is 2.38. The van der Waals surface area contributed by atoms with E-state index < -0.39 is 0 Å². The van der Waals surface area contributed by atoms with Crippen LogP contribution in [0, 0.1) is 0 Å². The van der Waals surface area contributed by atoms with Crippen LogP contribution in [0.5, 0.6) is 0 Å². The van der Waals surface area contributed by atoms with Crippen molar-refractivity contribution >= 4 is 27.5 Å². The predicted molar refractivity (Wildman–Crippen MR) is 88.2 cm³/mol. The average molecular weight is 314 g/mol. The molecule has 0 atom stereocenters. The summed E-state index contributed by atoms with van der Waals surface area (Å²) in [4.78, 5) is 17.1. The molecule has 2 heterocycles. The van der Waals surface area contributed by atoms with Gasteiger partial charge in [0.2, 0.25) is 0 Å². The summed E-state index contributed by atoms with van der Waals surface area (Å²) in [5.41, 5.74) is 2.41. The van der Waals surface area contributed by atoms with E-state index in [4.69, 9.17) is 4.42 Å². The van der Waals surface area contributed by atoms with Gasteiger partial charge in [-0.2, -0.15) is 4.99 Å². The minimum Gasteiger partial charge on any atom is -0.459 e. The van der Waals surface area contributed by atoms with Crippen LogP contribution in [0.25, 0.3) is 10.2 Å². The van der Waals surface area contributed by atoms with Gasteiger partial charge in [-0.15, -0.1) is 0 Å². The van der Waals surface area contributed by atoms with Crippen LogP contribution in [0.3, 0.4) is 0 Å². The van der Waals surface area contributed by atoms with E-state index in [0.717, 1.165) is 16.8 Å². The maximum absolute atomic E-state index is 12.1. The maximum atomic E-state index is 12.1. The van der Waals surface area contributed by atoms with E-state index in [1.54, 1.807) is 12.1 Å². The monoisotopic (exact) mass is 314 g/mol. The SMILES string of the molecule is CCn1c(=NC(=O)c2ccco2)sc2cc(C(C)C)ccc21. The largest absolute Gasteiger partial charge is 0.459 e. The van der Waals surface area contributed by atoms with Crippen LogP contribution in [0.4, 0.5) is 0 Å². The first-order valence-electron chi connectivity index (χ1n) is 7.36. The average Bonchev–Trinajstić information content (AvgIpc) is 3.13. The first kappa shape index (κ1) is 14.8. The molecule has 0 N–H and O–H groups in total. The van der Waals surface area contributed by atoms with Crippen molar-refractivity contribution in [3.63, 3.8) is 0 Å². The van der Waals surface area contributed by atoms with Crippen LogP contribution in [0.2, 0.25) is 0 Å². The van der Waals surface area contributed by atoms with E-state index >= 15 is 0 Å². The highest BCUT2D eigenvalue weighted by Crippen LogP contribution is 2.23. The van der Waals surface area contributed by atoms with Crippen molar-refractivity contribution in [3.8, 4) is 0 Å². The molecule has 0 aliphatic rings. The van der Waals surface area contributed by atoms with Crippen molar-refractivity contribution < 1.29 is 9.21 Å². The van der Waals surface area contributed by atoms with Gasteiger partial charge < -0.3 is 8.98 Å². The van der Waals surface area contributed by atoms with E-state index in [2.05, 4.69) is 48.5 Å². The Bertz CT molecular complexity index is 870. The number of carbonyl (C=O) groups excluding carboxylic acids is 1. The summed E-state index contributed by atoms with van der Waals surface area (Å²) < 4.78 is 8.33. The number of furan rings is 1. The molecule has 1 aromatic carbocycles. The van der Waals surface area contributed by atoms with Crippen LogP contribution in [-0.2, 0) is 6.54 Å². The number of hydrogen-bond acceptors (Lipinski definition) is 3. The number of benzene rings is 1. The van der Waals surface area contributed by atoms with Crippen molar-refractivity contribution in [1.82, 2.24) is 4.57 Å². The van der Waals surface area contributed by atoms with E-state index in [9.17, 15) is 4.79 Å². The first-order chi connectivity index (χ1) is 10.6. The van der Waals surface area contributed by atoms with Crippen molar-refractivity contribution in [2.24, 2.45) is 4.99 Å². The van der Waals surface area contributed by atoms with E-state index in [1.165, 1.54) is 23.2 Å². The Morgan fingerprint density at radius 3 is 2.82 bits per heavy atom. The third kappa shape index (κ3) is 2.64. The van der Waals surface area contributed by atoms with Gasteiger partial charge in [-0.3, -0.25) is 4.79 Å². The molecule has 0 saturated carbocycles. The Kier molecular flexibility index (Phi) is 3.98. The van der Waals surface area contributed by atoms with Crippen LogP contribution in [0.15, 0.2) is 46.0 Å². The smallest absolute Gasteiger partial charge is 0.315 e. The molecular formula is C17H18N2O2S. The van der Waals surface area contributed by atoms with Crippen molar-refractivity contribution in [3.05, 3.63) is 52.7 Å². The van der Waals surface area contributed by atoms with Gasteiger partial charge in [0.1, 0.15) is 0 Å². The molecule has 0 spiro atoms. The molecule has 4 nitrogen and oxygen atoms in total. The Hall–Kier alpha value is -2.14. The number of aromatic nitrogens is 1. The molecule has 22 heavy (non-hydrogen) atoms. The second-order valence-corrected chi connectivity index (χ2v) is 6.41. The molecule has 2 aromatic heterocycles. The third-order valence-corrected chi connectivity index (χ3v) is 4.66. The number of hydrogen-bond donors (Lipinski definition) is 0. The Balaban J connectivity index is 2.15. The molecule has 0 saturated heterocycles. The predicted octanol–water partition coefficient (Wildman–Crippen LogP) is 4.18. The summed E-state index contributed by atoms with van der Waals surface area (Å²) in [6.07, 6.45) is 1.48. The summed E-state index contributed by atoms with van der Waals surface area (Å²) in [6.45, 7) is 7.17. The fraction of sp³-hybridized carbons (Fsp3) is 0.294. The second-order valence-electron chi connectivity index (χ2n) is 5.41. The van der Waals surface area contributed by atoms with Gasteiger partial charge in [-0.1, -0.05) is 31.3 Å². The molecule has 3 aromatic rings. The minimum atomic E-state index is -0.345. The number of thiazole rings is 1. The van der Waals surface area contributed by atoms with E-state index in [-0.39, 0.29) is 11.7 Å². The second kappa shape index (κ2) is 5.93. The summed E-state index contributed by atoms with van der Waals surface area (Å²) in [7, 11) is 0. The standard InChI is InChI=1S/C17H18N2O2S/c1-4-19-13-8-7-12(11(2)3)10-15(13)22-17(19)18-16(20)14-6-5-9-21-14/h5-11H,4H2,1-3H3. The number of carbonyl (C=O) groups is 1. The van der Waals surface area contributed by atoms with Crippen molar-refractivity contribution in [2.75, 3.05) is 0 Å². The van der Waals surface area contributed by atoms with Gasteiger partial charge in [0.25, 0.3) is 0 Å². The van der Waals surface area contributed by atoms with Crippen molar-refractivity contribution in [2.45, 2.75) is 33.2 Å². The molecule has 0 radical (unpaired) electrons. The Morgan fingerprint density at radius 2 is 2.18 bits per heavy atom. The van der Waals surface area contributed by atoms with Crippen LogP contribution in [-0.4, -0.2) is 10.5 Å². The quantitative estimate of drug-likeness (QED) is 0.728. The normalized spacial score (nSPS) is 12.5. The molecular weight excluding hydrogens is 296 g/mol. The summed E-state index contributed by atoms with van der Waals surface area (Å²) >= 11 is 1.54. The van der Waals surface area contributed by atoms with Gasteiger partial charge in [0.05, 0.1) is 16.5 Å². The lowest BCUT2D eigenvalue weighted by Crippen LogP contribution is -2.15. The molecule has 0 unspecified atom stereocenters. The number of aryl methyl sites for hydroxylation is 1. The molecule has 3 rings (SSSR count). The number of nitrogens with zero attached hydrogens (tertiary/aromatic N) is 2. The zero-order valence-electron chi connectivity index (χ0n) is 12.9. The van der Waals surface area contributed by atoms with E-state index in [1.807, 2.05) is 0 Å². The Labute approximate surface area is 132 Å². The van der Waals surface area contributed by atoms with Crippen molar-refractivity contribution in [1.29, 1.82) is 0 Å². The van der Waals surface area contributed by atoms with Crippen LogP contribution < -0.4 is 4.80 Å².